The minimum Gasteiger partial charge on any atom is -0.335 e. The zero-order valence-corrected chi connectivity index (χ0v) is 10.8. The van der Waals surface area contributed by atoms with Gasteiger partial charge in [-0.15, -0.1) is 0 Å². The van der Waals surface area contributed by atoms with Gasteiger partial charge in [0.2, 0.25) is 0 Å². The topological polar surface area (TPSA) is 66.5 Å². The molecule has 0 aromatic rings. The molecule has 0 aliphatic carbocycles. The van der Waals surface area contributed by atoms with Crippen LogP contribution in [-0.4, -0.2) is 50.0 Å². The molecule has 2 fully saturated rings. The van der Waals surface area contributed by atoms with E-state index in [4.69, 9.17) is 0 Å². The minimum atomic E-state index is -2.84. The number of urea groups is 1. The SMILES string of the molecule is O=C(NC1CCS(=O)(=O)CC1)N1CCCCC1. The quantitative estimate of drug-likeness (QED) is 0.757. The fraction of sp³-hybridized carbons (Fsp3) is 0.909. The third kappa shape index (κ3) is 3.59. The second-order valence-electron chi connectivity index (χ2n) is 4.92. The van der Waals surface area contributed by atoms with Crippen LogP contribution in [-0.2, 0) is 9.84 Å². The predicted molar refractivity (Wildman–Crippen MR) is 65.6 cm³/mol. The number of nitrogens with zero attached hydrogens (tertiary/aromatic N) is 1. The number of hydrogen-bond donors (Lipinski definition) is 1. The predicted octanol–water partition coefficient (Wildman–Crippen LogP) is 0.759. The van der Waals surface area contributed by atoms with Crippen molar-refractivity contribution in [3.8, 4) is 0 Å². The van der Waals surface area contributed by atoms with Gasteiger partial charge in [0, 0.05) is 19.1 Å². The van der Waals surface area contributed by atoms with Crippen LogP contribution in [0.2, 0.25) is 0 Å². The van der Waals surface area contributed by atoms with Gasteiger partial charge in [-0.05, 0) is 32.1 Å². The van der Waals surface area contributed by atoms with Gasteiger partial charge in [0.15, 0.2) is 0 Å². The monoisotopic (exact) mass is 260 g/mol. The second kappa shape index (κ2) is 5.25. The molecule has 0 radical (unpaired) electrons. The maximum Gasteiger partial charge on any atom is 0.317 e. The van der Waals surface area contributed by atoms with E-state index in [1.807, 2.05) is 4.90 Å². The van der Waals surface area contributed by atoms with Crippen molar-refractivity contribution in [2.45, 2.75) is 38.1 Å². The summed E-state index contributed by atoms with van der Waals surface area (Å²) >= 11 is 0. The second-order valence-corrected chi connectivity index (χ2v) is 7.23. The van der Waals surface area contributed by atoms with Crippen molar-refractivity contribution in [3.63, 3.8) is 0 Å². The first kappa shape index (κ1) is 12.7. The van der Waals surface area contributed by atoms with Crippen molar-refractivity contribution in [1.29, 1.82) is 0 Å². The zero-order valence-electron chi connectivity index (χ0n) is 10.0. The Kier molecular flexibility index (Phi) is 3.91. The maximum atomic E-state index is 11.9. The van der Waals surface area contributed by atoms with E-state index in [-0.39, 0.29) is 23.6 Å². The zero-order chi connectivity index (χ0) is 12.3. The summed E-state index contributed by atoms with van der Waals surface area (Å²) in [5.41, 5.74) is 0. The highest BCUT2D eigenvalue weighted by atomic mass is 32.2. The molecule has 1 N–H and O–H groups in total. The van der Waals surface area contributed by atoms with Crippen molar-refractivity contribution in [3.05, 3.63) is 0 Å². The number of amides is 2. The van der Waals surface area contributed by atoms with Gasteiger partial charge < -0.3 is 10.2 Å². The summed E-state index contributed by atoms with van der Waals surface area (Å²) in [7, 11) is -2.84. The maximum absolute atomic E-state index is 11.9. The standard InChI is InChI=1S/C11H20N2O3S/c14-11(13-6-2-1-3-7-13)12-10-4-8-17(15,16)9-5-10/h10H,1-9H2,(H,12,14). The van der Waals surface area contributed by atoms with E-state index in [9.17, 15) is 13.2 Å². The van der Waals surface area contributed by atoms with Gasteiger partial charge in [-0.25, -0.2) is 13.2 Å². The minimum absolute atomic E-state index is 0.0194. The summed E-state index contributed by atoms with van der Waals surface area (Å²) < 4.78 is 22.5. The van der Waals surface area contributed by atoms with E-state index >= 15 is 0 Å². The van der Waals surface area contributed by atoms with Gasteiger partial charge in [0.05, 0.1) is 11.5 Å². The Labute approximate surface area is 102 Å². The highest BCUT2D eigenvalue weighted by Gasteiger charge is 2.26. The molecular weight excluding hydrogens is 240 g/mol. The molecule has 6 heteroatoms. The van der Waals surface area contributed by atoms with E-state index in [2.05, 4.69) is 5.32 Å². The number of rotatable bonds is 1. The number of nitrogens with one attached hydrogen (secondary N) is 1. The lowest BCUT2D eigenvalue weighted by Gasteiger charge is -2.30. The molecular formula is C11H20N2O3S. The first-order valence-corrected chi connectivity index (χ1v) is 8.15. The molecule has 17 heavy (non-hydrogen) atoms. The summed E-state index contributed by atoms with van der Waals surface area (Å²) in [6.45, 7) is 1.66. The van der Waals surface area contributed by atoms with Crippen molar-refractivity contribution in [2.75, 3.05) is 24.6 Å². The normalized spacial score (nSPS) is 25.5. The molecule has 2 heterocycles. The van der Waals surface area contributed by atoms with Gasteiger partial charge in [0.25, 0.3) is 0 Å². The summed E-state index contributed by atoms with van der Waals surface area (Å²) in [5.74, 6) is 0.413. The Morgan fingerprint density at radius 2 is 1.65 bits per heavy atom. The van der Waals surface area contributed by atoms with E-state index < -0.39 is 9.84 Å². The van der Waals surface area contributed by atoms with Crippen molar-refractivity contribution in [2.24, 2.45) is 0 Å². The Morgan fingerprint density at radius 1 is 1.06 bits per heavy atom. The van der Waals surface area contributed by atoms with Gasteiger partial charge in [-0.2, -0.15) is 0 Å². The van der Waals surface area contributed by atoms with Crippen LogP contribution in [0, 0.1) is 0 Å². The highest BCUT2D eigenvalue weighted by Crippen LogP contribution is 2.14. The summed E-state index contributed by atoms with van der Waals surface area (Å²) in [5, 5.41) is 2.95. The van der Waals surface area contributed by atoms with Gasteiger partial charge in [-0.3, -0.25) is 0 Å². The third-order valence-corrected chi connectivity index (χ3v) is 5.24. The Morgan fingerprint density at radius 3 is 2.24 bits per heavy atom. The Balaban J connectivity index is 1.79. The van der Waals surface area contributed by atoms with E-state index in [0.717, 1.165) is 25.9 Å². The lowest BCUT2D eigenvalue weighted by molar-refractivity contribution is 0.181. The van der Waals surface area contributed by atoms with Crippen LogP contribution in [0.15, 0.2) is 0 Å². The number of hydrogen-bond acceptors (Lipinski definition) is 3. The van der Waals surface area contributed by atoms with Crippen LogP contribution < -0.4 is 5.32 Å². The number of carbonyl (C=O) groups is 1. The lowest BCUT2D eigenvalue weighted by Crippen LogP contribution is -2.48. The van der Waals surface area contributed by atoms with Crippen LogP contribution >= 0.6 is 0 Å². The molecule has 2 aliphatic heterocycles. The first-order valence-electron chi connectivity index (χ1n) is 6.33. The van der Waals surface area contributed by atoms with E-state index in [1.54, 1.807) is 0 Å². The van der Waals surface area contributed by atoms with Crippen LogP contribution in [0.1, 0.15) is 32.1 Å². The Hall–Kier alpha value is -0.780. The third-order valence-electron chi connectivity index (χ3n) is 3.53. The van der Waals surface area contributed by atoms with Crippen LogP contribution in [0.5, 0.6) is 0 Å². The molecule has 0 aromatic carbocycles. The largest absolute Gasteiger partial charge is 0.335 e. The molecule has 2 rings (SSSR count). The average molecular weight is 260 g/mol. The number of likely N-dealkylation sites (tertiary alicyclic amines) is 1. The molecule has 0 bridgehead atoms. The summed E-state index contributed by atoms with van der Waals surface area (Å²) in [6, 6.07) is 0.0157. The fourth-order valence-corrected chi connectivity index (χ4v) is 3.89. The number of sulfone groups is 1. The molecule has 2 saturated heterocycles. The molecule has 2 aliphatic rings. The summed E-state index contributed by atoms with van der Waals surface area (Å²) in [6.07, 6.45) is 4.47. The molecule has 0 spiro atoms. The molecule has 0 aromatic heterocycles. The number of carbonyl (C=O) groups excluding carboxylic acids is 1. The fourth-order valence-electron chi connectivity index (χ4n) is 2.40. The molecule has 2 amide bonds. The lowest BCUT2D eigenvalue weighted by atomic mass is 10.1. The van der Waals surface area contributed by atoms with Crippen LogP contribution in [0.25, 0.3) is 0 Å². The van der Waals surface area contributed by atoms with E-state index in [1.165, 1.54) is 6.42 Å². The highest BCUT2D eigenvalue weighted by molar-refractivity contribution is 7.91. The molecule has 5 nitrogen and oxygen atoms in total. The van der Waals surface area contributed by atoms with Crippen molar-refractivity contribution in [1.82, 2.24) is 10.2 Å². The molecule has 0 atom stereocenters. The molecule has 98 valence electrons. The van der Waals surface area contributed by atoms with Gasteiger partial charge in [-0.1, -0.05) is 0 Å². The molecule has 0 unspecified atom stereocenters. The van der Waals surface area contributed by atoms with Crippen molar-refractivity contribution < 1.29 is 13.2 Å². The van der Waals surface area contributed by atoms with Gasteiger partial charge >= 0.3 is 6.03 Å². The van der Waals surface area contributed by atoms with E-state index in [0.29, 0.717) is 12.8 Å². The smallest absolute Gasteiger partial charge is 0.317 e. The van der Waals surface area contributed by atoms with Crippen LogP contribution in [0.3, 0.4) is 0 Å². The Bertz CT molecular complexity index is 360. The summed E-state index contributed by atoms with van der Waals surface area (Å²) in [4.78, 5) is 13.7. The average Bonchev–Trinajstić information content (AvgIpc) is 2.33. The van der Waals surface area contributed by atoms with Crippen LogP contribution in [0.4, 0.5) is 4.79 Å². The number of piperidine rings is 1. The van der Waals surface area contributed by atoms with Gasteiger partial charge in [0.1, 0.15) is 9.84 Å². The van der Waals surface area contributed by atoms with Crippen molar-refractivity contribution >= 4 is 15.9 Å². The molecule has 0 saturated carbocycles. The first-order chi connectivity index (χ1) is 8.07.